The van der Waals surface area contributed by atoms with Crippen LogP contribution in [0.25, 0.3) is 0 Å². The summed E-state index contributed by atoms with van der Waals surface area (Å²) in [4.78, 5) is 2.54. The molecular formula is C14H30N2O. The second-order valence-electron chi connectivity index (χ2n) is 5.20. The number of rotatable bonds is 7. The fourth-order valence-corrected chi connectivity index (χ4v) is 2.94. The summed E-state index contributed by atoms with van der Waals surface area (Å²) in [5, 5.41) is 3.67. The van der Waals surface area contributed by atoms with Gasteiger partial charge in [-0.1, -0.05) is 26.2 Å². The minimum Gasteiger partial charge on any atom is -0.385 e. The number of likely N-dealkylation sites (N-methyl/N-ethyl adjacent to an activating group) is 2. The van der Waals surface area contributed by atoms with Crippen molar-refractivity contribution in [1.82, 2.24) is 10.2 Å². The molecule has 1 aliphatic rings. The van der Waals surface area contributed by atoms with Crippen molar-refractivity contribution in [3.05, 3.63) is 0 Å². The monoisotopic (exact) mass is 242 g/mol. The molecule has 0 saturated heterocycles. The third-order valence-corrected chi connectivity index (χ3v) is 3.87. The molecule has 1 N–H and O–H groups in total. The van der Waals surface area contributed by atoms with Crippen LogP contribution in [0.4, 0.5) is 0 Å². The van der Waals surface area contributed by atoms with Crippen molar-refractivity contribution in [2.75, 3.05) is 33.9 Å². The van der Waals surface area contributed by atoms with Crippen LogP contribution in [0.15, 0.2) is 0 Å². The van der Waals surface area contributed by atoms with E-state index in [1.165, 1.54) is 32.1 Å². The molecule has 1 aliphatic carbocycles. The van der Waals surface area contributed by atoms with Gasteiger partial charge in [0.05, 0.1) is 0 Å². The van der Waals surface area contributed by atoms with Gasteiger partial charge in [0.15, 0.2) is 0 Å². The van der Waals surface area contributed by atoms with Crippen molar-refractivity contribution in [3.8, 4) is 0 Å². The van der Waals surface area contributed by atoms with Crippen LogP contribution in [0.2, 0.25) is 0 Å². The van der Waals surface area contributed by atoms with Crippen molar-refractivity contribution < 1.29 is 4.74 Å². The van der Waals surface area contributed by atoms with Crippen molar-refractivity contribution in [2.45, 2.75) is 57.5 Å². The molecule has 0 amide bonds. The fourth-order valence-electron chi connectivity index (χ4n) is 2.94. The van der Waals surface area contributed by atoms with Gasteiger partial charge < -0.3 is 15.0 Å². The molecule has 1 fully saturated rings. The van der Waals surface area contributed by atoms with Gasteiger partial charge in [-0.15, -0.1) is 0 Å². The molecule has 1 saturated carbocycles. The van der Waals surface area contributed by atoms with E-state index >= 15 is 0 Å². The van der Waals surface area contributed by atoms with Gasteiger partial charge in [-0.2, -0.15) is 0 Å². The first-order chi connectivity index (χ1) is 8.29. The Morgan fingerprint density at radius 2 is 2.00 bits per heavy atom. The van der Waals surface area contributed by atoms with E-state index in [4.69, 9.17) is 4.74 Å². The molecule has 3 nitrogen and oxygen atoms in total. The van der Waals surface area contributed by atoms with Crippen molar-refractivity contribution in [3.63, 3.8) is 0 Å². The Morgan fingerprint density at radius 1 is 1.24 bits per heavy atom. The van der Waals surface area contributed by atoms with Gasteiger partial charge in [0.25, 0.3) is 0 Å². The van der Waals surface area contributed by atoms with Gasteiger partial charge in [-0.05, 0) is 32.9 Å². The quantitative estimate of drug-likeness (QED) is 0.547. The predicted molar refractivity (Wildman–Crippen MR) is 73.5 cm³/mol. The van der Waals surface area contributed by atoms with Gasteiger partial charge in [-0.3, -0.25) is 0 Å². The lowest BCUT2D eigenvalue weighted by Crippen LogP contribution is -2.48. The van der Waals surface area contributed by atoms with Gasteiger partial charge >= 0.3 is 0 Å². The summed E-state index contributed by atoms with van der Waals surface area (Å²) in [5.74, 6) is 0. The standard InChI is InChI=1S/C14H30N2O/c1-4-15-13-9-6-5-7-10-14(13)16(2)11-8-12-17-3/h13-15H,4-12H2,1-3H3. The zero-order valence-electron chi connectivity index (χ0n) is 11.9. The summed E-state index contributed by atoms with van der Waals surface area (Å²) in [5.41, 5.74) is 0. The number of ether oxygens (including phenoxy) is 1. The molecule has 0 spiro atoms. The molecule has 1 rings (SSSR count). The van der Waals surface area contributed by atoms with E-state index in [0.717, 1.165) is 26.1 Å². The molecule has 0 aromatic heterocycles. The predicted octanol–water partition coefficient (Wildman–Crippen LogP) is 2.27. The van der Waals surface area contributed by atoms with E-state index in [1.807, 2.05) is 0 Å². The van der Waals surface area contributed by atoms with Crippen LogP contribution in [0, 0.1) is 0 Å². The third-order valence-electron chi connectivity index (χ3n) is 3.87. The van der Waals surface area contributed by atoms with Crippen LogP contribution in [-0.2, 0) is 4.74 Å². The largest absolute Gasteiger partial charge is 0.385 e. The Hall–Kier alpha value is -0.120. The molecule has 0 aromatic rings. The molecule has 2 unspecified atom stereocenters. The van der Waals surface area contributed by atoms with Crippen LogP contribution in [0.1, 0.15) is 45.4 Å². The molecule has 17 heavy (non-hydrogen) atoms. The summed E-state index contributed by atoms with van der Waals surface area (Å²) in [7, 11) is 4.06. The molecule has 3 heteroatoms. The van der Waals surface area contributed by atoms with Crippen molar-refractivity contribution in [2.24, 2.45) is 0 Å². The van der Waals surface area contributed by atoms with E-state index in [2.05, 4.69) is 24.2 Å². The van der Waals surface area contributed by atoms with E-state index in [9.17, 15) is 0 Å². The van der Waals surface area contributed by atoms with Crippen LogP contribution in [0.3, 0.4) is 0 Å². The number of hydrogen-bond donors (Lipinski definition) is 1. The zero-order chi connectivity index (χ0) is 12.5. The average Bonchev–Trinajstić information content (AvgIpc) is 2.55. The van der Waals surface area contributed by atoms with Crippen LogP contribution in [-0.4, -0.2) is 50.8 Å². The summed E-state index contributed by atoms with van der Waals surface area (Å²) in [6.45, 7) is 5.34. The lowest BCUT2D eigenvalue weighted by molar-refractivity contribution is 0.145. The molecule has 102 valence electrons. The maximum atomic E-state index is 5.14. The highest BCUT2D eigenvalue weighted by Gasteiger charge is 2.25. The van der Waals surface area contributed by atoms with Gasteiger partial charge in [0, 0.05) is 32.3 Å². The van der Waals surface area contributed by atoms with E-state index in [-0.39, 0.29) is 0 Å². The minimum absolute atomic E-state index is 0.690. The topological polar surface area (TPSA) is 24.5 Å². The normalized spacial score (nSPS) is 26.1. The molecular weight excluding hydrogens is 212 g/mol. The maximum absolute atomic E-state index is 5.14. The number of hydrogen-bond acceptors (Lipinski definition) is 3. The molecule has 0 heterocycles. The zero-order valence-corrected chi connectivity index (χ0v) is 11.9. The Kier molecular flexibility index (Phi) is 7.82. The van der Waals surface area contributed by atoms with Crippen LogP contribution >= 0.6 is 0 Å². The maximum Gasteiger partial charge on any atom is 0.0474 e. The number of nitrogens with one attached hydrogen (secondary N) is 1. The molecule has 2 atom stereocenters. The lowest BCUT2D eigenvalue weighted by Gasteiger charge is -2.34. The summed E-state index contributed by atoms with van der Waals surface area (Å²) in [6, 6.07) is 1.41. The van der Waals surface area contributed by atoms with E-state index in [1.54, 1.807) is 7.11 Å². The van der Waals surface area contributed by atoms with Crippen molar-refractivity contribution >= 4 is 0 Å². The first-order valence-electron chi connectivity index (χ1n) is 7.22. The average molecular weight is 242 g/mol. The summed E-state index contributed by atoms with van der Waals surface area (Å²) >= 11 is 0. The Morgan fingerprint density at radius 3 is 2.71 bits per heavy atom. The first kappa shape index (κ1) is 14.9. The third kappa shape index (κ3) is 5.36. The Bertz CT molecular complexity index is 187. The number of nitrogens with zero attached hydrogens (tertiary/aromatic N) is 1. The minimum atomic E-state index is 0.690. The van der Waals surface area contributed by atoms with Gasteiger partial charge in [0.2, 0.25) is 0 Å². The number of methoxy groups -OCH3 is 1. The van der Waals surface area contributed by atoms with Crippen LogP contribution in [0.5, 0.6) is 0 Å². The van der Waals surface area contributed by atoms with Crippen molar-refractivity contribution in [1.29, 1.82) is 0 Å². The van der Waals surface area contributed by atoms with E-state index in [0.29, 0.717) is 12.1 Å². The smallest absolute Gasteiger partial charge is 0.0474 e. The molecule has 0 radical (unpaired) electrons. The van der Waals surface area contributed by atoms with E-state index < -0.39 is 0 Å². The first-order valence-corrected chi connectivity index (χ1v) is 7.22. The molecule has 0 aromatic carbocycles. The van der Waals surface area contributed by atoms with Gasteiger partial charge in [0.1, 0.15) is 0 Å². The Balaban J connectivity index is 2.43. The molecule has 0 bridgehead atoms. The lowest BCUT2D eigenvalue weighted by atomic mass is 10.0. The SMILES string of the molecule is CCNC1CCCCCC1N(C)CCCOC. The summed E-state index contributed by atoms with van der Waals surface area (Å²) < 4.78 is 5.14. The van der Waals surface area contributed by atoms with Gasteiger partial charge in [-0.25, -0.2) is 0 Å². The summed E-state index contributed by atoms with van der Waals surface area (Å²) in [6.07, 6.45) is 8.02. The second kappa shape index (κ2) is 8.90. The highest BCUT2D eigenvalue weighted by atomic mass is 16.5. The highest BCUT2D eigenvalue weighted by Crippen LogP contribution is 2.21. The highest BCUT2D eigenvalue weighted by molar-refractivity contribution is 4.85. The second-order valence-corrected chi connectivity index (χ2v) is 5.20. The Labute approximate surface area is 107 Å². The molecule has 0 aliphatic heterocycles. The fraction of sp³-hybridized carbons (Fsp3) is 1.00. The van der Waals surface area contributed by atoms with Crippen LogP contribution < -0.4 is 5.32 Å².